The third-order valence-corrected chi connectivity index (χ3v) is 13.7. The van der Waals surface area contributed by atoms with Crippen molar-refractivity contribution in [2.24, 2.45) is 35.1 Å². The van der Waals surface area contributed by atoms with Crippen LogP contribution in [-0.4, -0.2) is 142 Å². The standard InChI is InChI=1S/C55H84N10O11S/c1-31(2)27-40(51(71)63-45(33(5)6)53(73)64-46(34(7)8)55(75)76)60-49(69)39(24-26-77-9)58-50(70)41(30-36-19-14-11-15-20-36)61-48(68)38(22-23-44(57)66)59-52(72)43-21-16-25-65(43)54(74)42(28-32(3)4)62-47(67)37(56)29-35-17-12-10-13-18-35/h10-15,17-20,31-34,37-43,45-46H,16,21-30,56H2,1-9H3,(H2,57,66)(H,58,70)(H,59,72)(H,60,69)(H,61,68)(H,62,67)(H,63,71)(H,64,73)(H,75,76). The molecule has 9 atom stereocenters. The Morgan fingerprint density at radius 2 is 1.05 bits per heavy atom. The average Bonchev–Trinajstić information content (AvgIpc) is 3.86. The van der Waals surface area contributed by atoms with Gasteiger partial charge in [0.2, 0.25) is 53.2 Å². The highest BCUT2D eigenvalue weighted by molar-refractivity contribution is 7.98. The molecule has 1 fully saturated rings. The third-order valence-electron chi connectivity index (χ3n) is 13.1. The summed E-state index contributed by atoms with van der Waals surface area (Å²) in [6, 6.07) is 7.33. The molecule has 9 amide bonds. The Kier molecular flexibility index (Phi) is 27.1. The summed E-state index contributed by atoms with van der Waals surface area (Å²) in [7, 11) is 0. The van der Waals surface area contributed by atoms with Crippen molar-refractivity contribution < 1.29 is 53.1 Å². The van der Waals surface area contributed by atoms with Gasteiger partial charge in [-0.25, -0.2) is 4.79 Å². The molecule has 0 radical (unpaired) electrons. The van der Waals surface area contributed by atoms with Crippen LogP contribution in [-0.2, 0) is 60.8 Å². The molecule has 21 nitrogen and oxygen atoms in total. The minimum absolute atomic E-state index is 0.0352. The van der Waals surface area contributed by atoms with Crippen LogP contribution >= 0.6 is 11.8 Å². The second-order valence-corrected chi connectivity index (χ2v) is 22.3. The van der Waals surface area contributed by atoms with Crippen LogP contribution in [0.4, 0.5) is 0 Å². The van der Waals surface area contributed by atoms with Crippen molar-refractivity contribution in [3.63, 3.8) is 0 Å². The molecular formula is C55H84N10O11S. The topological polar surface area (TPSA) is 330 Å². The van der Waals surface area contributed by atoms with Gasteiger partial charge in [-0.15, -0.1) is 0 Å². The van der Waals surface area contributed by atoms with E-state index in [1.165, 1.54) is 16.7 Å². The van der Waals surface area contributed by atoms with Gasteiger partial charge in [-0.3, -0.25) is 43.2 Å². The quantitative estimate of drug-likeness (QED) is 0.0500. The first-order valence-corrected chi connectivity index (χ1v) is 28.0. The van der Waals surface area contributed by atoms with Gasteiger partial charge < -0.3 is 58.7 Å². The third kappa shape index (κ3) is 21.8. The van der Waals surface area contributed by atoms with Crippen molar-refractivity contribution in [3.8, 4) is 0 Å². The number of aliphatic carboxylic acids is 1. The van der Waals surface area contributed by atoms with Gasteiger partial charge in [-0.05, 0) is 91.8 Å². The van der Waals surface area contributed by atoms with Gasteiger partial charge in [0.15, 0.2) is 0 Å². The van der Waals surface area contributed by atoms with Crippen molar-refractivity contribution in [1.29, 1.82) is 0 Å². The zero-order valence-corrected chi connectivity index (χ0v) is 46.9. The summed E-state index contributed by atoms with van der Waals surface area (Å²) in [4.78, 5) is 138. The monoisotopic (exact) mass is 1090 g/mol. The highest BCUT2D eigenvalue weighted by atomic mass is 32.2. The SMILES string of the molecule is CSCCC(NC(=O)C(Cc1ccccc1)NC(=O)C(CCC(N)=O)NC(=O)C1CCCN1C(=O)C(CC(C)C)NC(=O)C(N)Cc1ccccc1)C(=O)NC(CC(C)C)C(=O)NC(C(=O)NC(C(=O)O)C(C)C)C(C)C. The fraction of sp³-hybridized carbons (Fsp3) is 0.600. The zero-order chi connectivity index (χ0) is 57.5. The van der Waals surface area contributed by atoms with Crippen LogP contribution in [0.15, 0.2) is 60.7 Å². The predicted molar refractivity (Wildman–Crippen MR) is 294 cm³/mol. The Labute approximate surface area is 457 Å². The lowest BCUT2D eigenvalue weighted by Crippen LogP contribution is -2.61. The lowest BCUT2D eigenvalue weighted by molar-refractivity contribution is -0.144. The van der Waals surface area contributed by atoms with Crippen LogP contribution in [0.1, 0.15) is 111 Å². The normalized spacial score (nSPS) is 16.5. The number of carbonyl (C=O) groups excluding carboxylic acids is 9. The molecule has 2 aromatic rings. The molecule has 1 aliphatic rings. The van der Waals surface area contributed by atoms with E-state index in [-0.39, 0.29) is 69.7 Å². The molecular weight excluding hydrogens is 1010 g/mol. The minimum atomic E-state index is -1.43. The van der Waals surface area contributed by atoms with E-state index in [0.717, 1.165) is 5.56 Å². The molecule has 0 aromatic heterocycles. The maximum absolute atomic E-state index is 14.5. The molecule has 9 unspecified atom stereocenters. The van der Waals surface area contributed by atoms with Crippen molar-refractivity contribution in [2.45, 2.75) is 168 Å². The number of carboxylic acid groups (broad SMARTS) is 1. The van der Waals surface area contributed by atoms with Gasteiger partial charge in [0.05, 0.1) is 6.04 Å². The number of carbonyl (C=O) groups is 10. The Balaban J connectivity index is 1.88. The first-order valence-electron chi connectivity index (χ1n) is 26.6. The number of nitrogens with two attached hydrogens (primary N) is 2. The number of hydrogen-bond donors (Lipinski definition) is 10. The maximum atomic E-state index is 14.5. The number of nitrogens with zero attached hydrogens (tertiary/aromatic N) is 1. The van der Waals surface area contributed by atoms with Crippen LogP contribution in [0.3, 0.4) is 0 Å². The molecule has 3 rings (SSSR count). The average molecular weight is 1090 g/mol. The van der Waals surface area contributed by atoms with Gasteiger partial charge in [0, 0.05) is 19.4 Å². The van der Waals surface area contributed by atoms with Gasteiger partial charge in [0.1, 0.15) is 48.3 Å². The number of primary amides is 1. The van der Waals surface area contributed by atoms with E-state index >= 15 is 0 Å². The summed E-state index contributed by atoms with van der Waals surface area (Å²) in [6.45, 7) is 14.3. The molecule has 12 N–H and O–H groups in total. The number of likely N-dealkylation sites (tertiary alicyclic amines) is 1. The van der Waals surface area contributed by atoms with Crippen LogP contribution in [0.2, 0.25) is 0 Å². The summed E-state index contributed by atoms with van der Waals surface area (Å²) in [5.74, 6) is -8.19. The minimum Gasteiger partial charge on any atom is -0.480 e. The van der Waals surface area contributed by atoms with Gasteiger partial charge in [-0.1, -0.05) is 116 Å². The molecule has 1 aliphatic heterocycles. The number of amides is 9. The van der Waals surface area contributed by atoms with Crippen molar-refractivity contribution in [1.82, 2.24) is 42.1 Å². The van der Waals surface area contributed by atoms with Crippen LogP contribution in [0.5, 0.6) is 0 Å². The Bertz CT molecular complexity index is 2300. The molecule has 22 heteroatoms. The number of nitrogens with one attached hydrogen (secondary N) is 7. The molecule has 1 heterocycles. The smallest absolute Gasteiger partial charge is 0.326 e. The summed E-state index contributed by atoms with van der Waals surface area (Å²) in [5, 5.41) is 28.7. The van der Waals surface area contributed by atoms with E-state index in [4.69, 9.17) is 11.5 Å². The van der Waals surface area contributed by atoms with Crippen molar-refractivity contribution in [3.05, 3.63) is 71.8 Å². The lowest BCUT2D eigenvalue weighted by atomic mass is 9.98. The van der Waals surface area contributed by atoms with Crippen LogP contribution in [0, 0.1) is 23.7 Å². The number of hydrogen-bond acceptors (Lipinski definition) is 12. The molecule has 2 aromatic carbocycles. The molecule has 1 saturated heterocycles. The van der Waals surface area contributed by atoms with E-state index in [1.807, 2.05) is 64.3 Å². The summed E-state index contributed by atoms with van der Waals surface area (Å²) in [5.41, 5.74) is 13.3. The van der Waals surface area contributed by atoms with Crippen LogP contribution in [0.25, 0.3) is 0 Å². The fourth-order valence-electron chi connectivity index (χ4n) is 8.89. The van der Waals surface area contributed by atoms with Gasteiger partial charge in [0.25, 0.3) is 0 Å². The number of rotatable bonds is 32. The highest BCUT2D eigenvalue weighted by Gasteiger charge is 2.41. The van der Waals surface area contributed by atoms with Crippen LogP contribution < -0.4 is 48.7 Å². The van der Waals surface area contributed by atoms with Crippen molar-refractivity contribution >= 4 is 70.9 Å². The first-order chi connectivity index (χ1) is 36.3. The van der Waals surface area contributed by atoms with Crippen molar-refractivity contribution in [2.75, 3.05) is 18.6 Å². The number of thioether (sulfide) groups is 1. The molecule has 426 valence electrons. The molecule has 77 heavy (non-hydrogen) atoms. The Hall–Kier alpha value is -6.55. The largest absolute Gasteiger partial charge is 0.480 e. The van der Waals surface area contributed by atoms with Gasteiger partial charge >= 0.3 is 5.97 Å². The van der Waals surface area contributed by atoms with E-state index in [1.54, 1.807) is 58.0 Å². The van der Waals surface area contributed by atoms with Gasteiger partial charge in [-0.2, -0.15) is 11.8 Å². The lowest BCUT2D eigenvalue weighted by Gasteiger charge is -2.31. The second-order valence-electron chi connectivity index (χ2n) is 21.3. The molecule has 0 saturated carbocycles. The highest BCUT2D eigenvalue weighted by Crippen LogP contribution is 2.22. The summed E-state index contributed by atoms with van der Waals surface area (Å²) >= 11 is 1.40. The fourth-order valence-corrected chi connectivity index (χ4v) is 9.36. The van der Waals surface area contributed by atoms with E-state index in [2.05, 4.69) is 37.2 Å². The first kappa shape index (κ1) is 64.7. The molecule has 0 aliphatic carbocycles. The maximum Gasteiger partial charge on any atom is 0.326 e. The number of carboxylic acids is 1. The zero-order valence-electron chi connectivity index (χ0n) is 46.1. The summed E-state index contributed by atoms with van der Waals surface area (Å²) < 4.78 is 0. The molecule has 0 spiro atoms. The van der Waals surface area contributed by atoms with E-state index in [9.17, 15) is 53.1 Å². The Morgan fingerprint density at radius 1 is 0.584 bits per heavy atom. The molecule has 0 bridgehead atoms. The van der Waals surface area contributed by atoms with E-state index in [0.29, 0.717) is 17.7 Å². The second kappa shape index (κ2) is 32.2. The van der Waals surface area contributed by atoms with E-state index < -0.39 is 125 Å². The predicted octanol–water partition coefficient (Wildman–Crippen LogP) is 1.69. The number of benzene rings is 2. The summed E-state index contributed by atoms with van der Waals surface area (Å²) in [6.07, 6.45) is 2.52. The Morgan fingerprint density at radius 3 is 1.57 bits per heavy atom.